The van der Waals surface area contributed by atoms with E-state index >= 15 is 0 Å². The minimum Gasteiger partial charge on any atom is -0.329 e. The van der Waals surface area contributed by atoms with Crippen molar-refractivity contribution in [3.63, 3.8) is 0 Å². The van der Waals surface area contributed by atoms with Gasteiger partial charge in [0, 0.05) is 17.3 Å². The Balaban J connectivity index is 2.54. The molecule has 84 valence electrons. The lowest BCUT2D eigenvalue weighted by Crippen LogP contribution is -2.57. The molecule has 1 fully saturated rings. The number of nitrogens with one attached hydrogen (secondary N) is 1. The standard InChI is InChI=1S/C8H15F3N2S/c1-6-7(4-12,2-3-14-6)13-5-8(9,10)11/h6,13H,2-5,12H2,1H3. The molecule has 1 saturated heterocycles. The van der Waals surface area contributed by atoms with E-state index < -0.39 is 18.3 Å². The van der Waals surface area contributed by atoms with Crippen molar-refractivity contribution in [3.8, 4) is 0 Å². The molecule has 2 nitrogen and oxygen atoms in total. The van der Waals surface area contributed by atoms with Crippen LogP contribution in [0.1, 0.15) is 13.3 Å². The Morgan fingerprint density at radius 3 is 2.57 bits per heavy atom. The van der Waals surface area contributed by atoms with Crippen LogP contribution in [0.3, 0.4) is 0 Å². The molecule has 1 heterocycles. The summed E-state index contributed by atoms with van der Waals surface area (Å²) in [6.07, 6.45) is -3.44. The van der Waals surface area contributed by atoms with Crippen molar-refractivity contribution in [2.45, 2.75) is 30.3 Å². The average molecular weight is 228 g/mol. The van der Waals surface area contributed by atoms with E-state index in [0.717, 1.165) is 5.75 Å². The minimum absolute atomic E-state index is 0.148. The molecule has 2 atom stereocenters. The largest absolute Gasteiger partial charge is 0.401 e. The summed E-state index contributed by atoms with van der Waals surface area (Å²) in [7, 11) is 0. The van der Waals surface area contributed by atoms with E-state index in [1.54, 1.807) is 11.8 Å². The van der Waals surface area contributed by atoms with Crippen molar-refractivity contribution >= 4 is 11.8 Å². The van der Waals surface area contributed by atoms with Gasteiger partial charge in [0.25, 0.3) is 0 Å². The maximum absolute atomic E-state index is 12.0. The Morgan fingerprint density at radius 1 is 1.57 bits per heavy atom. The zero-order valence-corrected chi connectivity index (χ0v) is 8.84. The van der Waals surface area contributed by atoms with E-state index in [-0.39, 0.29) is 11.8 Å². The summed E-state index contributed by atoms with van der Waals surface area (Å²) in [6, 6.07) is 0. The third-order valence-corrected chi connectivity index (χ3v) is 4.09. The van der Waals surface area contributed by atoms with Crippen LogP contribution in [0.5, 0.6) is 0 Å². The summed E-state index contributed by atoms with van der Waals surface area (Å²) in [5.74, 6) is 0.878. The molecule has 0 radical (unpaired) electrons. The van der Waals surface area contributed by atoms with Crippen molar-refractivity contribution < 1.29 is 13.2 Å². The molecule has 1 aliphatic heterocycles. The number of nitrogens with two attached hydrogens (primary N) is 1. The van der Waals surface area contributed by atoms with Crippen LogP contribution in [0.25, 0.3) is 0 Å². The van der Waals surface area contributed by atoms with E-state index in [9.17, 15) is 13.2 Å². The Labute approximate surface area is 85.8 Å². The number of alkyl halides is 3. The molecule has 14 heavy (non-hydrogen) atoms. The van der Waals surface area contributed by atoms with Gasteiger partial charge in [0.15, 0.2) is 0 Å². The lowest BCUT2D eigenvalue weighted by atomic mass is 9.93. The number of hydrogen-bond donors (Lipinski definition) is 2. The van der Waals surface area contributed by atoms with Gasteiger partial charge in [-0.05, 0) is 12.2 Å². The molecule has 2 unspecified atom stereocenters. The zero-order chi connectivity index (χ0) is 10.8. The molecule has 1 aliphatic rings. The highest BCUT2D eigenvalue weighted by Gasteiger charge is 2.42. The first-order valence-corrected chi connectivity index (χ1v) is 5.58. The van der Waals surface area contributed by atoms with Crippen molar-refractivity contribution in [2.24, 2.45) is 5.73 Å². The molecular weight excluding hydrogens is 213 g/mol. The SMILES string of the molecule is CC1SCCC1(CN)NCC(F)(F)F. The molecule has 0 saturated carbocycles. The second kappa shape index (κ2) is 4.28. The van der Waals surface area contributed by atoms with E-state index in [1.807, 2.05) is 6.92 Å². The van der Waals surface area contributed by atoms with E-state index in [1.165, 1.54) is 0 Å². The van der Waals surface area contributed by atoms with Crippen molar-refractivity contribution in [1.82, 2.24) is 5.32 Å². The first-order valence-electron chi connectivity index (χ1n) is 4.53. The first-order chi connectivity index (χ1) is 6.40. The zero-order valence-electron chi connectivity index (χ0n) is 8.03. The van der Waals surface area contributed by atoms with Gasteiger partial charge in [-0.15, -0.1) is 0 Å². The topological polar surface area (TPSA) is 38.0 Å². The van der Waals surface area contributed by atoms with Gasteiger partial charge in [-0.3, -0.25) is 0 Å². The van der Waals surface area contributed by atoms with Crippen LogP contribution in [-0.2, 0) is 0 Å². The van der Waals surface area contributed by atoms with Gasteiger partial charge in [0.2, 0.25) is 0 Å². The van der Waals surface area contributed by atoms with Crippen LogP contribution in [0.15, 0.2) is 0 Å². The number of hydrogen-bond acceptors (Lipinski definition) is 3. The second-order valence-electron chi connectivity index (χ2n) is 3.59. The highest BCUT2D eigenvalue weighted by Crippen LogP contribution is 2.35. The molecule has 0 aromatic rings. The van der Waals surface area contributed by atoms with Crippen molar-refractivity contribution in [3.05, 3.63) is 0 Å². The summed E-state index contributed by atoms with van der Waals surface area (Å²) in [4.78, 5) is 0. The molecule has 0 aromatic carbocycles. The maximum Gasteiger partial charge on any atom is 0.401 e. The fourth-order valence-corrected chi connectivity index (χ4v) is 3.08. The molecule has 0 aliphatic carbocycles. The average Bonchev–Trinajstić information content (AvgIpc) is 2.43. The molecule has 1 rings (SSSR count). The Hall–Kier alpha value is 0.0600. The van der Waals surface area contributed by atoms with E-state index in [2.05, 4.69) is 5.32 Å². The molecule has 3 N–H and O–H groups in total. The van der Waals surface area contributed by atoms with E-state index in [4.69, 9.17) is 5.73 Å². The van der Waals surface area contributed by atoms with Crippen molar-refractivity contribution in [2.75, 3.05) is 18.8 Å². The summed E-state index contributed by atoms with van der Waals surface area (Å²) in [6.45, 7) is 1.24. The fraction of sp³-hybridized carbons (Fsp3) is 1.00. The van der Waals surface area contributed by atoms with Gasteiger partial charge >= 0.3 is 6.18 Å². The predicted octanol–water partition coefficient (Wildman–Crippen LogP) is 1.36. The lowest BCUT2D eigenvalue weighted by molar-refractivity contribution is -0.128. The van der Waals surface area contributed by atoms with Crippen LogP contribution < -0.4 is 11.1 Å². The molecule has 0 bridgehead atoms. The van der Waals surface area contributed by atoms with Crippen LogP contribution in [0.2, 0.25) is 0 Å². The van der Waals surface area contributed by atoms with Gasteiger partial charge in [-0.1, -0.05) is 6.92 Å². The Morgan fingerprint density at radius 2 is 2.21 bits per heavy atom. The summed E-state index contributed by atoms with van der Waals surface area (Å²) >= 11 is 1.67. The first kappa shape index (κ1) is 12.1. The molecule has 0 amide bonds. The second-order valence-corrected chi connectivity index (χ2v) is 5.04. The number of halogens is 3. The fourth-order valence-electron chi connectivity index (χ4n) is 1.63. The maximum atomic E-state index is 12.0. The normalized spacial score (nSPS) is 33.6. The Bertz CT molecular complexity index is 198. The van der Waals surface area contributed by atoms with Gasteiger partial charge in [-0.25, -0.2) is 0 Å². The quantitative estimate of drug-likeness (QED) is 0.766. The third kappa shape index (κ3) is 2.77. The monoisotopic (exact) mass is 228 g/mol. The number of rotatable bonds is 3. The van der Waals surface area contributed by atoms with Crippen LogP contribution in [0.4, 0.5) is 13.2 Å². The molecule has 0 spiro atoms. The third-order valence-electron chi connectivity index (χ3n) is 2.70. The van der Waals surface area contributed by atoms with Gasteiger partial charge in [-0.2, -0.15) is 24.9 Å². The lowest BCUT2D eigenvalue weighted by Gasteiger charge is -2.33. The van der Waals surface area contributed by atoms with Gasteiger partial charge in [0.1, 0.15) is 0 Å². The minimum atomic E-state index is -4.16. The van der Waals surface area contributed by atoms with Gasteiger partial charge in [0.05, 0.1) is 6.54 Å². The van der Waals surface area contributed by atoms with Crippen LogP contribution >= 0.6 is 11.8 Å². The highest BCUT2D eigenvalue weighted by atomic mass is 32.2. The highest BCUT2D eigenvalue weighted by molar-refractivity contribution is 8.00. The van der Waals surface area contributed by atoms with Crippen LogP contribution in [0, 0.1) is 0 Å². The van der Waals surface area contributed by atoms with E-state index in [0.29, 0.717) is 6.42 Å². The summed E-state index contributed by atoms with van der Waals surface area (Å²) < 4.78 is 36.1. The number of thioether (sulfide) groups is 1. The smallest absolute Gasteiger partial charge is 0.329 e. The van der Waals surface area contributed by atoms with Crippen LogP contribution in [-0.4, -0.2) is 35.8 Å². The van der Waals surface area contributed by atoms with Crippen molar-refractivity contribution in [1.29, 1.82) is 0 Å². The predicted molar refractivity (Wildman–Crippen MR) is 52.4 cm³/mol. The molecule has 0 aromatic heterocycles. The molecule has 6 heteroatoms. The summed E-state index contributed by atoms with van der Waals surface area (Å²) in [5, 5.41) is 2.71. The summed E-state index contributed by atoms with van der Waals surface area (Å²) in [5.41, 5.74) is 5.02. The molecular formula is C8H15F3N2S. The van der Waals surface area contributed by atoms with Gasteiger partial charge < -0.3 is 11.1 Å². The Kier molecular flexibility index (Phi) is 3.71.